The molecular weight excluding hydrogens is 160 g/mol. The number of hydrogen-bond donors (Lipinski definition) is 2. The fraction of sp³-hybridized carbons (Fsp3) is 0.0909. The number of nitrogens with two attached hydrogens (primary N) is 2. The maximum Gasteiger partial charge on any atom is 0.0394 e. The van der Waals surface area contributed by atoms with Gasteiger partial charge in [0, 0.05) is 22.5 Å². The highest BCUT2D eigenvalue weighted by Crippen LogP contribution is 2.22. The normalized spacial score (nSPS) is 11.3. The summed E-state index contributed by atoms with van der Waals surface area (Å²) < 4.78 is 0. The molecular formula is C11H14N2. The topological polar surface area (TPSA) is 52.0 Å². The summed E-state index contributed by atoms with van der Waals surface area (Å²) in [5.74, 6) is 0. The van der Waals surface area contributed by atoms with Crippen LogP contribution in [-0.2, 0) is 0 Å². The third-order valence-corrected chi connectivity index (χ3v) is 1.97. The van der Waals surface area contributed by atoms with Crippen LogP contribution >= 0.6 is 0 Å². The van der Waals surface area contributed by atoms with Crippen LogP contribution in [-0.4, -0.2) is 0 Å². The Kier molecular flexibility index (Phi) is 2.75. The van der Waals surface area contributed by atoms with E-state index in [4.69, 9.17) is 11.5 Å². The fourth-order valence-corrected chi connectivity index (χ4v) is 1.22. The van der Waals surface area contributed by atoms with E-state index in [1.165, 1.54) is 0 Å². The SMILES string of the molecule is C=Cc1c(N)cccc1/C(N)=C\C. The monoisotopic (exact) mass is 174 g/mol. The maximum absolute atomic E-state index is 5.80. The predicted molar refractivity (Wildman–Crippen MR) is 58.8 cm³/mol. The van der Waals surface area contributed by atoms with Crippen LogP contribution in [0.25, 0.3) is 11.8 Å². The Bertz CT molecular complexity index is 351. The van der Waals surface area contributed by atoms with Crippen LogP contribution in [0.1, 0.15) is 18.1 Å². The van der Waals surface area contributed by atoms with Crippen LogP contribution in [0.5, 0.6) is 0 Å². The van der Waals surface area contributed by atoms with E-state index in [2.05, 4.69) is 6.58 Å². The average molecular weight is 174 g/mol. The van der Waals surface area contributed by atoms with E-state index in [1.807, 2.05) is 31.2 Å². The summed E-state index contributed by atoms with van der Waals surface area (Å²) in [6, 6.07) is 5.65. The van der Waals surface area contributed by atoms with E-state index in [9.17, 15) is 0 Å². The summed E-state index contributed by atoms with van der Waals surface area (Å²) in [6.07, 6.45) is 3.57. The van der Waals surface area contributed by atoms with E-state index >= 15 is 0 Å². The van der Waals surface area contributed by atoms with Crippen LogP contribution in [0.4, 0.5) is 5.69 Å². The van der Waals surface area contributed by atoms with Crippen molar-refractivity contribution in [3.8, 4) is 0 Å². The summed E-state index contributed by atoms with van der Waals surface area (Å²) in [5, 5.41) is 0. The fourth-order valence-electron chi connectivity index (χ4n) is 1.22. The van der Waals surface area contributed by atoms with E-state index < -0.39 is 0 Å². The van der Waals surface area contributed by atoms with E-state index in [1.54, 1.807) is 6.08 Å². The minimum atomic E-state index is 0.706. The molecule has 0 spiro atoms. The average Bonchev–Trinajstić information content (AvgIpc) is 2.16. The van der Waals surface area contributed by atoms with Crippen LogP contribution in [0.3, 0.4) is 0 Å². The lowest BCUT2D eigenvalue weighted by Crippen LogP contribution is -2.00. The molecule has 0 aliphatic heterocycles. The van der Waals surface area contributed by atoms with Gasteiger partial charge in [-0.2, -0.15) is 0 Å². The molecule has 0 aliphatic carbocycles. The minimum Gasteiger partial charge on any atom is -0.398 e. The van der Waals surface area contributed by atoms with Crippen molar-refractivity contribution in [1.82, 2.24) is 0 Å². The van der Waals surface area contributed by atoms with Gasteiger partial charge in [-0.25, -0.2) is 0 Å². The van der Waals surface area contributed by atoms with Gasteiger partial charge >= 0.3 is 0 Å². The zero-order valence-corrected chi connectivity index (χ0v) is 7.75. The van der Waals surface area contributed by atoms with Crippen molar-refractivity contribution in [1.29, 1.82) is 0 Å². The Balaban J connectivity index is 3.36. The molecule has 13 heavy (non-hydrogen) atoms. The van der Waals surface area contributed by atoms with Crippen molar-refractivity contribution in [3.05, 3.63) is 42.0 Å². The van der Waals surface area contributed by atoms with Crippen molar-refractivity contribution >= 4 is 17.5 Å². The van der Waals surface area contributed by atoms with Gasteiger partial charge in [-0.1, -0.05) is 30.9 Å². The van der Waals surface area contributed by atoms with Crippen molar-refractivity contribution in [3.63, 3.8) is 0 Å². The first-order valence-corrected chi connectivity index (χ1v) is 4.13. The number of allylic oxidation sites excluding steroid dienone is 1. The molecule has 1 rings (SSSR count). The Hall–Kier alpha value is -1.70. The van der Waals surface area contributed by atoms with Crippen LogP contribution in [0.15, 0.2) is 30.9 Å². The highest BCUT2D eigenvalue weighted by Gasteiger charge is 2.03. The third-order valence-electron chi connectivity index (χ3n) is 1.97. The summed E-state index contributed by atoms with van der Waals surface area (Å²) >= 11 is 0. The molecule has 0 aromatic heterocycles. The first kappa shape index (κ1) is 9.39. The predicted octanol–water partition coefficient (Wildman–Crippen LogP) is 2.23. The van der Waals surface area contributed by atoms with Gasteiger partial charge in [0.1, 0.15) is 0 Å². The molecule has 2 nitrogen and oxygen atoms in total. The third kappa shape index (κ3) is 1.72. The number of benzene rings is 1. The molecule has 0 radical (unpaired) electrons. The largest absolute Gasteiger partial charge is 0.398 e. The van der Waals surface area contributed by atoms with Gasteiger partial charge in [0.05, 0.1) is 0 Å². The Morgan fingerprint density at radius 3 is 2.69 bits per heavy atom. The molecule has 0 saturated carbocycles. The standard InChI is InChI=1S/C11H14N2/c1-3-8-9(10(12)4-2)6-5-7-11(8)13/h3-7H,1,12-13H2,2H3/b10-4+. The number of anilines is 1. The first-order valence-electron chi connectivity index (χ1n) is 4.13. The molecule has 4 N–H and O–H groups in total. The van der Waals surface area contributed by atoms with Crippen LogP contribution in [0.2, 0.25) is 0 Å². The second kappa shape index (κ2) is 3.81. The highest BCUT2D eigenvalue weighted by molar-refractivity contribution is 5.78. The van der Waals surface area contributed by atoms with E-state index in [0.29, 0.717) is 5.69 Å². The van der Waals surface area contributed by atoms with Crippen molar-refractivity contribution < 1.29 is 0 Å². The van der Waals surface area contributed by atoms with Crippen molar-refractivity contribution in [2.45, 2.75) is 6.92 Å². The lowest BCUT2D eigenvalue weighted by atomic mass is 10.0. The van der Waals surface area contributed by atoms with Gasteiger partial charge in [0.25, 0.3) is 0 Å². The number of rotatable bonds is 2. The smallest absolute Gasteiger partial charge is 0.0394 e. The Labute approximate surface area is 78.6 Å². The number of hydrogen-bond acceptors (Lipinski definition) is 2. The molecule has 0 heterocycles. The molecule has 0 unspecified atom stereocenters. The summed E-state index contributed by atoms with van der Waals surface area (Å²) in [5.41, 5.74) is 14.8. The maximum atomic E-state index is 5.80. The summed E-state index contributed by atoms with van der Waals surface area (Å²) in [7, 11) is 0. The lowest BCUT2D eigenvalue weighted by Gasteiger charge is -2.08. The summed E-state index contributed by atoms with van der Waals surface area (Å²) in [4.78, 5) is 0. The molecule has 1 aromatic carbocycles. The van der Waals surface area contributed by atoms with Gasteiger partial charge in [0.15, 0.2) is 0 Å². The van der Waals surface area contributed by atoms with Gasteiger partial charge in [-0.05, 0) is 13.0 Å². The van der Waals surface area contributed by atoms with Crippen molar-refractivity contribution in [2.75, 3.05) is 5.73 Å². The van der Waals surface area contributed by atoms with Gasteiger partial charge in [0.2, 0.25) is 0 Å². The zero-order chi connectivity index (χ0) is 9.84. The molecule has 2 heteroatoms. The van der Waals surface area contributed by atoms with E-state index in [0.717, 1.165) is 16.8 Å². The quantitative estimate of drug-likeness (QED) is 0.675. The molecule has 0 aliphatic rings. The molecule has 0 saturated heterocycles. The molecule has 68 valence electrons. The molecule has 1 aromatic rings. The lowest BCUT2D eigenvalue weighted by molar-refractivity contribution is 1.47. The van der Waals surface area contributed by atoms with Crippen LogP contribution < -0.4 is 11.5 Å². The van der Waals surface area contributed by atoms with Gasteiger partial charge in [-0.3, -0.25) is 0 Å². The Morgan fingerprint density at radius 2 is 2.15 bits per heavy atom. The molecule has 0 atom stereocenters. The molecule has 0 fully saturated rings. The second-order valence-corrected chi connectivity index (χ2v) is 2.76. The van der Waals surface area contributed by atoms with E-state index in [-0.39, 0.29) is 0 Å². The number of nitrogen functional groups attached to an aromatic ring is 1. The summed E-state index contributed by atoms with van der Waals surface area (Å²) in [6.45, 7) is 5.60. The zero-order valence-electron chi connectivity index (χ0n) is 7.75. The highest BCUT2D eigenvalue weighted by atomic mass is 14.6. The minimum absolute atomic E-state index is 0.706. The van der Waals surface area contributed by atoms with Crippen molar-refractivity contribution in [2.24, 2.45) is 5.73 Å². The molecule has 0 amide bonds. The molecule has 0 bridgehead atoms. The van der Waals surface area contributed by atoms with Crippen LogP contribution in [0, 0.1) is 0 Å². The van der Waals surface area contributed by atoms with Gasteiger partial charge in [-0.15, -0.1) is 0 Å². The Morgan fingerprint density at radius 1 is 1.46 bits per heavy atom. The second-order valence-electron chi connectivity index (χ2n) is 2.76. The first-order chi connectivity index (χ1) is 6.20. The van der Waals surface area contributed by atoms with Gasteiger partial charge < -0.3 is 11.5 Å².